The summed E-state index contributed by atoms with van der Waals surface area (Å²) in [5, 5.41) is 32.1. The summed E-state index contributed by atoms with van der Waals surface area (Å²) in [4.78, 5) is 41.1. The van der Waals surface area contributed by atoms with Crippen LogP contribution in [0.25, 0.3) is 0 Å². The summed E-state index contributed by atoms with van der Waals surface area (Å²) in [5.74, 6) is -2.20. The van der Waals surface area contributed by atoms with Crippen LogP contribution in [0.1, 0.15) is 130 Å². The fourth-order valence-electron chi connectivity index (χ4n) is 13.7. The van der Waals surface area contributed by atoms with E-state index in [2.05, 4.69) is 30.4 Å². The monoisotopic (exact) mass is 1090 g/mol. The highest BCUT2D eigenvalue weighted by Gasteiger charge is 2.69. The Bertz CT molecular complexity index is 2350. The highest BCUT2D eigenvalue weighted by Crippen LogP contribution is 2.54. The first kappa shape index (κ1) is 56.9. The molecule has 12 rings (SSSR count). The number of nitrogens with zero attached hydrogens (tertiary/aromatic N) is 2. The maximum absolute atomic E-state index is 14.1. The van der Waals surface area contributed by atoms with Crippen LogP contribution in [0.2, 0.25) is 0 Å². The SMILES string of the molecule is C=C1C[C@@H]2CC[C@@]34C[C@H]5O[C@H]6[C@@H](O3)[C@H]3O[C@H](CC[C@@H]3O[C@H]6[C@H]5O4)CC(=O)C[C@@H]3[C@@H](OC)[C@@H](C[C@H](O)CN)O[C@H]3C[C@H]3O[C@@H](CC[C@@H]1O2)C[C@@H](C)C3=C.CCCCCOC(=O)Nc1nc(=O)n([C@@H]2O[C@H](C)[C@@H](O)[C@H]2O)cc1F. The summed E-state index contributed by atoms with van der Waals surface area (Å²) in [7, 11) is 1.66. The summed E-state index contributed by atoms with van der Waals surface area (Å²) >= 11 is 0. The van der Waals surface area contributed by atoms with Crippen LogP contribution in [0.3, 0.4) is 0 Å². The third-order valence-corrected chi connectivity index (χ3v) is 17.8. The fraction of sp³-hybridized carbons (Fsp3) is 0.818. The quantitative estimate of drug-likeness (QED) is 0.162. The highest BCUT2D eigenvalue weighted by atomic mass is 19.1. The van der Waals surface area contributed by atoms with Crippen molar-refractivity contribution in [3.63, 3.8) is 0 Å². The maximum atomic E-state index is 14.1. The lowest BCUT2D eigenvalue weighted by Gasteiger charge is -2.47. The summed E-state index contributed by atoms with van der Waals surface area (Å²) < 4.78 is 85.0. The average Bonchev–Trinajstić information content (AvgIpc) is 4.18. The van der Waals surface area contributed by atoms with Gasteiger partial charge in [-0.2, -0.15) is 4.98 Å². The molecule has 12 bridgehead atoms. The predicted octanol–water partition coefficient (Wildman–Crippen LogP) is 4.20. The lowest BCUT2D eigenvalue weighted by Crippen LogP contribution is -2.61. The molecule has 11 saturated heterocycles. The van der Waals surface area contributed by atoms with Gasteiger partial charge < -0.3 is 73.2 Å². The van der Waals surface area contributed by atoms with Crippen molar-refractivity contribution in [2.75, 3.05) is 25.6 Å². The first-order chi connectivity index (χ1) is 36.9. The van der Waals surface area contributed by atoms with Gasteiger partial charge in [-0.25, -0.2) is 14.0 Å². The number of amides is 1. The molecule has 0 aliphatic carbocycles. The van der Waals surface area contributed by atoms with E-state index in [1.807, 2.05) is 6.92 Å². The summed E-state index contributed by atoms with van der Waals surface area (Å²) in [5.41, 5.74) is 7.06. The molecule has 430 valence electrons. The third kappa shape index (κ3) is 12.0. The molecular formula is C55H81FN4O17. The van der Waals surface area contributed by atoms with Gasteiger partial charge in [-0.15, -0.1) is 0 Å². The number of carbonyl (C=O) groups is 2. The lowest BCUT2D eigenvalue weighted by atomic mass is 9.81. The number of nitrogens with two attached hydrogens (primary N) is 1. The number of unbranched alkanes of at least 4 members (excludes halogenated alkanes) is 2. The van der Waals surface area contributed by atoms with Gasteiger partial charge in [0.15, 0.2) is 23.7 Å². The minimum absolute atomic E-state index is 0.0158. The molecule has 1 aromatic heterocycles. The predicted molar refractivity (Wildman–Crippen MR) is 271 cm³/mol. The van der Waals surface area contributed by atoms with Crippen LogP contribution in [0.5, 0.6) is 0 Å². The van der Waals surface area contributed by atoms with Gasteiger partial charge in [-0.05, 0) is 75.4 Å². The van der Waals surface area contributed by atoms with Crippen LogP contribution >= 0.6 is 0 Å². The number of fused-ring (bicyclic) bond motifs is 6. The third-order valence-electron chi connectivity index (χ3n) is 17.8. The van der Waals surface area contributed by atoms with Gasteiger partial charge in [0, 0.05) is 58.1 Å². The molecular weight excluding hydrogens is 1010 g/mol. The van der Waals surface area contributed by atoms with Crippen molar-refractivity contribution in [3.05, 3.63) is 46.8 Å². The first-order valence-electron chi connectivity index (χ1n) is 28.3. The number of ketones is 1. The largest absolute Gasteiger partial charge is 0.449 e. The number of halogens is 1. The van der Waals surface area contributed by atoms with Crippen molar-refractivity contribution in [3.8, 4) is 0 Å². The molecule has 11 fully saturated rings. The summed E-state index contributed by atoms with van der Waals surface area (Å²) in [6, 6.07) is 0. The second-order valence-electron chi connectivity index (χ2n) is 23.2. The molecule has 12 heterocycles. The molecule has 0 aromatic carbocycles. The second-order valence-corrected chi connectivity index (χ2v) is 23.2. The van der Waals surface area contributed by atoms with Crippen LogP contribution in [0.4, 0.5) is 15.0 Å². The van der Waals surface area contributed by atoms with Crippen LogP contribution < -0.4 is 16.7 Å². The molecule has 0 saturated carbocycles. The number of methoxy groups -OCH3 is 1. The number of anilines is 1. The van der Waals surface area contributed by atoms with Crippen molar-refractivity contribution in [1.82, 2.24) is 9.55 Å². The average molecular weight is 1090 g/mol. The molecule has 1 amide bonds. The highest BCUT2D eigenvalue weighted by molar-refractivity contribution is 5.83. The van der Waals surface area contributed by atoms with E-state index in [0.717, 1.165) is 79.7 Å². The summed E-state index contributed by atoms with van der Waals surface area (Å²) in [6.07, 6.45) is 2.60. The number of aliphatic hydroxyl groups excluding tert-OH is 3. The Labute approximate surface area is 448 Å². The van der Waals surface area contributed by atoms with Crippen molar-refractivity contribution in [2.45, 2.75) is 251 Å². The molecule has 0 unspecified atom stereocenters. The van der Waals surface area contributed by atoms with E-state index in [1.165, 1.54) is 6.92 Å². The number of ether oxygens (including phenoxy) is 11. The second kappa shape index (κ2) is 24.0. The van der Waals surface area contributed by atoms with E-state index in [9.17, 15) is 34.1 Å². The molecule has 77 heavy (non-hydrogen) atoms. The van der Waals surface area contributed by atoms with Gasteiger partial charge in [0.2, 0.25) is 0 Å². The Balaban J connectivity index is 0.000000227. The number of hydrogen-bond donors (Lipinski definition) is 5. The topological polar surface area (TPSA) is 269 Å². The number of nitrogens with one attached hydrogen (secondary N) is 1. The Morgan fingerprint density at radius 2 is 1.61 bits per heavy atom. The Hall–Kier alpha value is -3.33. The van der Waals surface area contributed by atoms with Crippen LogP contribution in [0.15, 0.2) is 35.3 Å². The van der Waals surface area contributed by atoms with Gasteiger partial charge in [0.1, 0.15) is 48.5 Å². The van der Waals surface area contributed by atoms with E-state index >= 15 is 0 Å². The van der Waals surface area contributed by atoms with Gasteiger partial charge in [0.05, 0.1) is 86.1 Å². The minimum Gasteiger partial charge on any atom is -0.449 e. The molecule has 11 aliphatic rings. The van der Waals surface area contributed by atoms with Crippen molar-refractivity contribution < 1.29 is 81.4 Å². The lowest BCUT2D eigenvalue weighted by molar-refractivity contribution is -0.292. The number of aliphatic hydroxyl groups is 3. The Kier molecular flexibility index (Phi) is 17.8. The number of rotatable bonds is 10. The van der Waals surface area contributed by atoms with Gasteiger partial charge in [-0.3, -0.25) is 14.7 Å². The van der Waals surface area contributed by atoms with Gasteiger partial charge >= 0.3 is 11.8 Å². The van der Waals surface area contributed by atoms with Crippen LogP contribution in [-0.4, -0.2) is 179 Å². The zero-order valence-corrected chi connectivity index (χ0v) is 44.8. The van der Waals surface area contributed by atoms with Crippen molar-refractivity contribution in [2.24, 2.45) is 17.6 Å². The van der Waals surface area contributed by atoms with Crippen LogP contribution in [0, 0.1) is 17.7 Å². The maximum Gasteiger partial charge on any atom is 0.412 e. The molecule has 11 aliphatic heterocycles. The van der Waals surface area contributed by atoms with E-state index in [-0.39, 0.29) is 129 Å². The number of hydrogen-bond acceptors (Lipinski definition) is 19. The van der Waals surface area contributed by atoms with E-state index in [1.54, 1.807) is 7.11 Å². The molecule has 1 aromatic rings. The number of carbonyl (C=O) groups excluding carboxylic acids is 2. The van der Waals surface area contributed by atoms with E-state index < -0.39 is 66.0 Å². The molecule has 0 radical (unpaired) electrons. The minimum atomic E-state index is -1.41. The number of Topliss-reactive ketones (excluding diaryl/α,β-unsaturated/α-hetero) is 1. The van der Waals surface area contributed by atoms with Crippen molar-refractivity contribution >= 4 is 17.7 Å². The smallest absolute Gasteiger partial charge is 0.412 e. The van der Waals surface area contributed by atoms with E-state index in [0.29, 0.717) is 32.1 Å². The normalized spacial score (nSPS) is 43.8. The van der Waals surface area contributed by atoms with Gasteiger partial charge in [0.25, 0.3) is 0 Å². The fourth-order valence-corrected chi connectivity index (χ4v) is 13.7. The molecule has 21 nitrogen and oxygen atoms in total. The molecule has 6 N–H and O–H groups in total. The molecule has 22 heteroatoms. The molecule has 23 atom stereocenters. The van der Waals surface area contributed by atoms with E-state index in [4.69, 9.17) is 57.8 Å². The number of aromatic nitrogens is 2. The van der Waals surface area contributed by atoms with Gasteiger partial charge in [-0.1, -0.05) is 39.8 Å². The summed E-state index contributed by atoms with van der Waals surface area (Å²) in [6.45, 7) is 14.9. The zero-order valence-electron chi connectivity index (χ0n) is 44.8. The standard InChI is InChI=1S/C40H59NO11.C15H22FN3O6/c1-19-11-24-5-7-28-20(2)12-26(45-28)9-10-40-17-33-36(51-40)37-38(50-33)39(52-40)35-29(49-37)8-6-25(47-35)13-22(42)14-27-31(16-30(46-24)21(19)3)48-32(34(27)44-4)15-23(43)18-41;1-3-4-5-6-24-15(23)18-12-9(16)7-19(14(22)17-12)13-11(21)10(20)8(2)25-13/h19,23-39,43H,2-3,5-18,41H2,1,4H3;7-8,10-11,13,20-21H,3-6H2,1-2H3,(H,17,18,22,23)/t19-,23+,24+,25-,26+,27+,28+,29+,30-,31+,32-,33-,34-,35+,36+,37+,38-,39+,40+;8-,10-,11-,13-/m11/s1. The zero-order chi connectivity index (χ0) is 54.4. The van der Waals surface area contributed by atoms with Crippen LogP contribution in [-0.2, 0) is 56.9 Å². The molecule has 1 spiro atoms. The Morgan fingerprint density at radius 1 is 0.870 bits per heavy atom. The Morgan fingerprint density at radius 3 is 2.36 bits per heavy atom. The van der Waals surface area contributed by atoms with Crippen molar-refractivity contribution in [1.29, 1.82) is 0 Å². The first-order valence-corrected chi connectivity index (χ1v) is 28.3.